The summed E-state index contributed by atoms with van der Waals surface area (Å²) in [5.41, 5.74) is 32.7. The molecule has 1 rings (SSSR count). The molecule has 21 amide bonds. The Morgan fingerprint density at radius 1 is 0.364 bits per heavy atom. The van der Waals surface area contributed by atoms with Crippen molar-refractivity contribution < 1.29 is 131 Å². The van der Waals surface area contributed by atoms with E-state index < -0.39 is 334 Å². The van der Waals surface area contributed by atoms with Crippen LogP contribution < -0.4 is 125 Å². The van der Waals surface area contributed by atoms with Crippen LogP contribution in [0.5, 0.6) is 0 Å². The van der Waals surface area contributed by atoms with Crippen LogP contribution in [0.3, 0.4) is 0 Å². The van der Waals surface area contributed by atoms with Crippen LogP contribution in [-0.2, 0) is 110 Å². The van der Waals surface area contributed by atoms with Crippen LogP contribution in [0.25, 0.3) is 0 Å². The number of nitrogens with zero attached hydrogens (tertiary/aromatic N) is 1. The highest BCUT2D eigenvalue weighted by atomic mass is 16.4. The Balaban J connectivity index is 3.34. The molecule has 1 saturated heterocycles. The minimum absolute atomic E-state index is 0.0168. The Kier molecular flexibility index (Phi) is 50.9. The molecule has 52 nitrogen and oxygen atoms in total. The third kappa shape index (κ3) is 43.8. The van der Waals surface area contributed by atoms with Gasteiger partial charge in [-0.3, -0.25) is 111 Å². The molecule has 0 radical (unpaired) electrons. The summed E-state index contributed by atoms with van der Waals surface area (Å²) in [6.07, 6.45) is -5.18. The average Bonchev–Trinajstić information content (AvgIpc) is 1.69. The molecule has 16 atom stereocenters. The number of hydrogen-bond donors (Lipinski definition) is 28. The zero-order valence-electron chi connectivity index (χ0n) is 74.2. The lowest BCUT2D eigenvalue weighted by molar-refractivity contribution is -0.144. The number of guanidine groups is 1. The van der Waals surface area contributed by atoms with E-state index >= 15 is 0 Å². The van der Waals surface area contributed by atoms with Crippen LogP contribution in [0.1, 0.15) is 179 Å². The fraction of sp³-hybridized carbons (Fsp3) is 0.688. The van der Waals surface area contributed by atoms with Crippen LogP contribution >= 0.6 is 0 Å². The molecule has 1 heterocycles. The largest absolute Gasteiger partial charge is 0.481 e. The summed E-state index contributed by atoms with van der Waals surface area (Å²) >= 11 is 0. The zero-order valence-corrected chi connectivity index (χ0v) is 74.2. The molecular weight excluding hydrogens is 1710 g/mol. The zero-order chi connectivity index (χ0) is 98.6. The maximum Gasteiger partial charge on any atom is 0.326 e. The second-order valence-corrected chi connectivity index (χ2v) is 32.4. The van der Waals surface area contributed by atoms with Crippen LogP contribution in [-0.4, -0.2) is 303 Å². The highest BCUT2D eigenvalue weighted by molar-refractivity contribution is 6.02. The molecule has 1 aliphatic heterocycles. The van der Waals surface area contributed by atoms with E-state index in [1.807, 2.05) is 0 Å². The number of primary amides is 4. The first-order chi connectivity index (χ1) is 60.1. The Hall–Kier alpha value is -13.0. The third-order valence-electron chi connectivity index (χ3n) is 19.6. The number of amides is 21. The minimum Gasteiger partial charge on any atom is -0.481 e. The second kappa shape index (κ2) is 57.6. The van der Waals surface area contributed by atoms with Gasteiger partial charge in [0.15, 0.2) is 5.96 Å². The van der Waals surface area contributed by atoms with E-state index in [2.05, 4.69) is 90.4 Å². The Morgan fingerprint density at radius 3 is 1.11 bits per heavy atom. The number of likely N-dealkylation sites (tertiary alicyclic amines) is 1. The number of rotatable bonds is 61. The van der Waals surface area contributed by atoms with Gasteiger partial charge in [-0.25, -0.2) is 4.79 Å². The number of nitrogens with one attached hydrogen (secondary N) is 18. The van der Waals surface area contributed by atoms with Crippen molar-refractivity contribution in [2.45, 2.75) is 276 Å². The summed E-state index contributed by atoms with van der Waals surface area (Å²) < 4.78 is 0. The molecule has 0 aromatic rings. The molecule has 0 bridgehead atoms. The van der Waals surface area contributed by atoms with Gasteiger partial charge < -0.3 is 150 Å². The quantitative estimate of drug-likeness (QED) is 0.0153. The first-order valence-corrected chi connectivity index (χ1v) is 41.9. The number of aliphatic hydroxyl groups is 2. The summed E-state index contributed by atoms with van der Waals surface area (Å²) in [6.45, 7) is 12.4. The summed E-state index contributed by atoms with van der Waals surface area (Å²) in [5.74, 6) is -26.5. The van der Waals surface area contributed by atoms with Crippen molar-refractivity contribution in [3.05, 3.63) is 0 Å². The van der Waals surface area contributed by atoms with Crippen molar-refractivity contribution in [1.82, 2.24) is 95.3 Å². The van der Waals surface area contributed by atoms with Gasteiger partial charge in [0, 0.05) is 45.2 Å². The fourth-order valence-corrected chi connectivity index (χ4v) is 12.5. The maximum atomic E-state index is 14.4. The molecule has 0 spiro atoms. The monoisotopic (exact) mass is 1840 g/mol. The SMILES string of the molecule is CC(C)C[C@H](NC(=O)[C@H](CCC(=O)O)NC(=O)[C@H](C)NC(=O)CNC(=O)[C@H](CO)NC(=O)[C@H](CCC(N)=O)NC(=O)[C@H](CCC(N)=O)NC(=O)[C@H](CC(C)C)NC(=O)[C@H](CCC(N)=O)NC(=O)[C@@H](NC(=O)[C@@H](N)CCC(N)=O)C(C)C)C(=O)N[C@@H](C)C(=O)N[C@@H](CCCNC(=N)N)C(=O)N1CCC[C@H]1C(=O)NCC(=O)N[C@@H](C)C(=O)N[C@@H](CO)C(=O)N[C@H](C(=O)O)C(C)C. The summed E-state index contributed by atoms with van der Waals surface area (Å²) in [6, 6.07) is -24.7. The number of aliphatic carboxylic acids is 2. The first-order valence-electron chi connectivity index (χ1n) is 41.9. The number of aliphatic hydroxyl groups excluding tert-OH is 2. The molecule has 129 heavy (non-hydrogen) atoms. The van der Waals surface area contributed by atoms with Crippen molar-refractivity contribution in [2.75, 3.05) is 39.4 Å². The average molecular weight is 1840 g/mol. The van der Waals surface area contributed by atoms with Crippen molar-refractivity contribution in [1.29, 1.82) is 5.41 Å². The number of carboxylic acid groups (broad SMARTS) is 2. The second-order valence-electron chi connectivity index (χ2n) is 32.4. The van der Waals surface area contributed by atoms with Crippen molar-refractivity contribution in [2.24, 2.45) is 58.1 Å². The number of hydrogen-bond acceptors (Lipinski definition) is 27. The van der Waals surface area contributed by atoms with Crippen LogP contribution in [0.2, 0.25) is 0 Å². The van der Waals surface area contributed by atoms with Crippen molar-refractivity contribution >= 4 is 142 Å². The topological polar surface area (TPSA) is 861 Å². The van der Waals surface area contributed by atoms with E-state index in [0.717, 1.165) is 11.8 Å². The number of carbonyl (C=O) groups excluding carboxylic acids is 21. The normalized spacial score (nSPS) is 15.8. The highest BCUT2D eigenvalue weighted by Crippen LogP contribution is 2.21. The molecule has 1 aliphatic rings. The number of carbonyl (C=O) groups is 23. The predicted molar refractivity (Wildman–Crippen MR) is 453 cm³/mol. The van der Waals surface area contributed by atoms with Crippen molar-refractivity contribution in [3.63, 3.8) is 0 Å². The fourth-order valence-electron chi connectivity index (χ4n) is 12.5. The van der Waals surface area contributed by atoms with E-state index in [9.17, 15) is 131 Å². The lowest BCUT2D eigenvalue weighted by atomic mass is 9.99. The van der Waals surface area contributed by atoms with Gasteiger partial charge >= 0.3 is 11.9 Å². The van der Waals surface area contributed by atoms with E-state index in [-0.39, 0.29) is 70.4 Å². The van der Waals surface area contributed by atoms with Gasteiger partial charge in [0.1, 0.15) is 90.6 Å². The smallest absolute Gasteiger partial charge is 0.326 e. The van der Waals surface area contributed by atoms with Gasteiger partial charge in [-0.05, 0) is 115 Å². The van der Waals surface area contributed by atoms with Gasteiger partial charge in [0.25, 0.3) is 0 Å². The maximum absolute atomic E-state index is 14.4. The third-order valence-corrected chi connectivity index (χ3v) is 19.6. The summed E-state index contributed by atoms with van der Waals surface area (Å²) in [4.78, 5) is 305. The van der Waals surface area contributed by atoms with Crippen LogP contribution in [0.4, 0.5) is 0 Å². The molecule has 0 aromatic heterocycles. The predicted octanol–water partition coefficient (Wildman–Crippen LogP) is -12.0. The van der Waals surface area contributed by atoms with E-state index in [0.29, 0.717) is 0 Å². The van der Waals surface area contributed by atoms with Gasteiger partial charge in [0.2, 0.25) is 124 Å². The molecule has 726 valence electrons. The molecule has 34 N–H and O–H groups in total. The standard InChI is InChI=1S/C77H131N25O27/c1-34(2)28-47(70(122)90-40(11)63(115)95-46(14-12-26-85-77(83)84)75(127)102-27-13-15-51(102)73(125)87-31-57(110)89-39(10)62(114)98-50(33-104)72(124)101-60(37(7)8)76(128)129)96-68(120)45(20-25-58(111)112)91-61(113)38(9)88-56(109)30-86-65(117)49(32-103)99-69(121)43(18-23-54(81)107)92-66(118)42(17-22-53(80)106)93-71(123)48(29-35(3)4)97-67(119)44(19-24-55(82)108)94-74(126)59(36(5)6)100-64(116)41(78)16-21-52(79)105/h34-51,59-60,103-104H,12-33,78H2,1-11H3,(H2,79,105)(H2,80,106)(H2,81,107)(H2,82,108)(H,86,117)(H,87,125)(H,88,109)(H,89,110)(H,90,122)(H,91,113)(H,92,118)(H,93,123)(H,94,126)(H,95,115)(H,96,120)(H,97,119)(H,98,114)(H,99,121)(H,100,116)(H,101,124)(H,111,112)(H,128,129)(H4,83,84,85)/t38-,39-,40-,41-,42-,43-,44-,45-,46-,47-,48-,49-,50-,51-,59-,60-/m0/s1. The van der Waals surface area contributed by atoms with Crippen LogP contribution in [0.15, 0.2) is 0 Å². The van der Waals surface area contributed by atoms with E-state index in [1.54, 1.807) is 41.5 Å². The number of carboxylic acids is 2. The first kappa shape index (κ1) is 114. The van der Waals surface area contributed by atoms with Gasteiger partial charge in [-0.15, -0.1) is 0 Å². The van der Waals surface area contributed by atoms with Crippen LogP contribution in [0, 0.1) is 29.1 Å². The molecule has 52 heteroatoms. The van der Waals surface area contributed by atoms with Gasteiger partial charge in [-0.1, -0.05) is 55.4 Å². The summed E-state index contributed by atoms with van der Waals surface area (Å²) in [7, 11) is 0. The Bertz CT molecular complexity index is 3980. The Labute approximate surface area is 743 Å². The molecule has 0 unspecified atom stereocenters. The van der Waals surface area contributed by atoms with E-state index in [1.165, 1.54) is 27.7 Å². The summed E-state index contributed by atoms with van der Waals surface area (Å²) in [5, 5.41) is 86.7. The van der Waals surface area contributed by atoms with Crippen molar-refractivity contribution in [3.8, 4) is 0 Å². The lowest BCUT2D eigenvalue weighted by Gasteiger charge is -2.30. The molecule has 0 aliphatic carbocycles. The Morgan fingerprint density at radius 2 is 0.705 bits per heavy atom. The van der Waals surface area contributed by atoms with Gasteiger partial charge in [-0.2, -0.15) is 0 Å². The van der Waals surface area contributed by atoms with Gasteiger partial charge in [0.05, 0.1) is 32.3 Å². The van der Waals surface area contributed by atoms with E-state index in [4.69, 9.17) is 39.8 Å². The lowest BCUT2D eigenvalue weighted by Crippen LogP contribution is -2.61. The highest BCUT2D eigenvalue weighted by Gasteiger charge is 2.41. The molecule has 0 saturated carbocycles. The minimum atomic E-state index is -1.96. The molecule has 0 aromatic carbocycles. The molecule has 1 fully saturated rings. The molecular formula is C77H131N25O27. The number of nitrogens with two attached hydrogens (primary N) is 6.